The van der Waals surface area contributed by atoms with Crippen LogP contribution in [-0.2, 0) is 11.3 Å². The maximum Gasteiger partial charge on any atom is 0.255 e. The van der Waals surface area contributed by atoms with Gasteiger partial charge in [0.15, 0.2) is 0 Å². The quantitative estimate of drug-likeness (QED) is 0.415. The van der Waals surface area contributed by atoms with E-state index in [0.717, 1.165) is 19.6 Å². The SMILES string of the molecule is NCCCOc1cc(N)c(Cl)cc1C(=O)NCC1CN(Cc2ccccc2)CCO1. The van der Waals surface area contributed by atoms with Crippen molar-refractivity contribution >= 4 is 23.2 Å². The fourth-order valence-electron chi connectivity index (χ4n) is 3.32. The highest BCUT2D eigenvalue weighted by atomic mass is 35.5. The van der Waals surface area contributed by atoms with E-state index in [2.05, 4.69) is 22.3 Å². The Hall–Kier alpha value is -2.32. The predicted molar refractivity (Wildman–Crippen MR) is 119 cm³/mol. The number of ether oxygens (including phenoxy) is 2. The van der Waals surface area contributed by atoms with E-state index >= 15 is 0 Å². The van der Waals surface area contributed by atoms with Gasteiger partial charge in [-0.05, 0) is 24.6 Å². The summed E-state index contributed by atoms with van der Waals surface area (Å²) < 4.78 is 11.5. The molecular formula is C22H29ClN4O3. The monoisotopic (exact) mass is 432 g/mol. The van der Waals surface area contributed by atoms with Crippen LogP contribution in [0.25, 0.3) is 0 Å². The van der Waals surface area contributed by atoms with E-state index in [-0.39, 0.29) is 12.0 Å². The van der Waals surface area contributed by atoms with E-state index in [1.807, 2.05) is 18.2 Å². The molecule has 1 aliphatic heterocycles. The van der Waals surface area contributed by atoms with E-state index in [1.54, 1.807) is 6.07 Å². The molecule has 1 unspecified atom stereocenters. The highest BCUT2D eigenvalue weighted by Gasteiger charge is 2.22. The van der Waals surface area contributed by atoms with Crippen molar-refractivity contribution < 1.29 is 14.3 Å². The summed E-state index contributed by atoms with van der Waals surface area (Å²) in [5.74, 6) is 0.126. The third-order valence-electron chi connectivity index (χ3n) is 4.91. The highest BCUT2D eigenvalue weighted by Crippen LogP contribution is 2.29. The number of carbonyl (C=O) groups is 1. The lowest BCUT2D eigenvalue weighted by molar-refractivity contribution is -0.0292. The number of halogens is 1. The lowest BCUT2D eigenvalue weighted by Gasteiger charge is -2.33. The van der Waals surface area contributed by atoms with Gasteiger partial charge in [0.25, 0.3) is 5.91 Å². The van der Waals surface area contributed by atoms with Crippen molar-refractivity contribution in [1.82, 2.24) is 10.2 Å². The smallest absolute Gasteiger partial charge is 0.255 e. The second kappa shape index (κ2) is 11.2. The zero-order chi connectivity index (χ0) is 21.3. The van der Waals surface area contributed by atoms with Gasteiger partial charge in [0, 0.05) is 32.2 Å². The van der Waals surface area contributed by atoms with Gasteiger partial charge in [-0.25, -0.2) is 0 Å². The second-order valence-electron chi connectivity index (χ2n) is 7.28. The average molecular weight is 433 g/mol. The second-order valence-corrected chi connectivity index (χ2v) is 7.69. The fraction of sp³-hybridized carbons (Fsp3) is 0.409. The molecule has 1 aliphatic rings. The molecule has 0 spiro atoms. The Morgan fingerprint density at radius 2 is 2.10 bits per heavy atom. The van der Waals surface area contributed by atoms with E-state index in [9.17, 15) is 4.79 Å². The zero-order valence-electron chi connectivity index (χ0n) is 17.0. The summed E-state index contributed by atoms with van der Waals surface area (Å²) in [6, 6.07) is 13.4. The molecular weight excluding hydrogens is 404 g/mol. The highest BCUT2D eigenvalue weighted by molar-refractivity contribution is 6.33. The lowest BCUT2D eigenvalue weighted by Crippen LogP contribution is -2.47. The Labute approximate surface area is 182 Å². The molecule has 1 atom stereocenters. The van der Waals surface area contributed by atoms with Gasteiger partial charge in [-0.15, -0.1) is 0 Å². The first-order valence-corrected chi connectivity index (χ1v) is 10.5. The van der Waals surface area contributed by atoms with E-state index < -0.39 is 0 Å². The zero-order valence-corrected chi connectivity index (χ0v) is 17.7. The van der Waals surface area contributed by atoms with Gasteiger partial charge in [-0.1, -0.05) is 41.9 Å². The molecule has 0 radical (unpaired) electrons. The van der Waals surface area contributed by atoms with Crippen LogP contribution in [0.2, 0.25) is 5.02 Å². The maximum atomic E-state index is 12.8. The predicted octanol–water partition coefficient (Wildman–Crippen LogP) is 2.28. The average Bonchev–Trinajstić information content (AvgIpc) is 2.75. The minimum absolute atomic E-state index is 0.0859. The maximum absolute atomic E-state index is 12.8. The third kappa shape index (κ3) is 6.34. The summed E-state index contributed by atoms with van der Waals surface area (Å²) in [4.78, 5) is 15.1. The van der Waals surface area contributed by atoms with Gasteiger partial charge in [0.1, 0.15) is 5.75 Å². The summed E-state index contributed by atoms with van der Waals surface area (Å²) in [6.45, 7) is 4.41. The fourth-order valence-corrected chi connectivity index (χ4v) is 3.49. The van der Waals surface area contributed by atoms with Crippen LogP contribution in [0, 0.1) is 0 Å². The molecule has 5 N–H and O–H groups in total. The minimum atomic E-state index is -0.275. The molecule has 0 bridgehead atoms. The van der Waals surface area contributed by atoms with Crippen LogP contribution >= 0.6 is 11.6 Å². The third-order valence-corrected chi connectivity index (χ3v) is 5.24. The molecule has 2 aromatic rings. The lowest BCUT2D eigenvalue weighted by atomic mass is 10.1. The van der Waals surface area contributed by atoms with Gasteiger partial charge in [-0.3, -0.25) is 9.69 Å². The van der Waals surface area contributed by atoms with Gasteiger partial charge < -0.3 is 26.3 Å². The molecule has 30 heavy (non-hydrogen) atoms. The Balaban J connectivity index is 1.57. The number of carbonyl (C=O) groups excluding carboxylic acids is 1. The van der Waals surface area contributed by atoms with Crippen LogP contribution in [0.4, 0.5) is 5.69 Å². The Morgan fingerprint density at radius 3 is 2.87 bits per heavy atom. The van der Waals surface area contributed by atoms with Gasteiger partial charge in [0.05, 0.1) is 35.6 Å². The van der Waals surface area contributed by atoms with Gasteiger partial charge >= 0.3 is 0 Å². The number of nitrogen functional groups attached to an aromatic ring is 1. The van der Waals surface area contributed by atoms with Crippen LogP contribution in [0.5, 0.6) is 5.75 Å². The normalized spacial score (nSPS) is 16.9. The molecule has 3 rings (SSSR count). The van der Waals surface area contributed by atoms with Crippen molar-refractivity contribution in [3.8, 4) is 5.75 Å². The molecule has 7 nitrogen and oxygen atoms in total. The number of amides is 1. The number of hydrogen-bond acceptors (Lipinski definition) is 6. The summed E-state index contributed by atoms with van der Waals surface area (Å²) in [7, 11) is 0. The summed E-state index contributed by atoms with van der Waals surface area (Å²) >= 11 is 6.12. The van der Waals surface area contributed by atoms with Crippen LogP contribution in [-0.4, -0.2) is 56.3 Å². The molecule has 8 heteroatoms. The topological polar surface area (TPSA) is 103 Å². The molecule has 1 amide bonds. The van der Waals surface area contributed by atoms with Crippen LogP contribution < -0.4 is 21.5 Å². The van der Waals surface area contributed by atoms with Crippen molar-refractivity contribution in [2.45, 2.75) is 19.1 Å². The Bertz CT molecular complexity index is 835. The number of nitrogens with one attached hydrogen (secondary N) is 1. The Kier molecular flexibility index (Phi) is 8.33. The number of morpholine rings is 1. The van der Waals surface area contributed by atoms with E-state index in [1.165, 1.54) is 11.6 Å². The van der Waals surface area contributed by atoms with Crippen LogP contribution in [0.1, 0.15) is 22.3 Å². The van der Waals surface area contributed by atoms with Crippen LogP contribution in [0.15, 0.2) is 42.5 Å². The summed E-state index contributed by atoms with van der Waals surface area (Å²) in [5.41, 5.74) is 13.4. The molecule has 1 heterocycles. The number of benzene rings is 2. The largest absolute Gasteiger partial charge is 0.493 e. The molecule has 0 aliphatic carbocycles. The molecule has 0 aromatic heterocycles. The summed E-state index contributed by atoms with van der Waals surface area (Å²) in [6.07, 6.45) is 0.591. The molecule has 1 fully saturated rings. The van der Waals surface area contributed by atoms with Crippen LogP contribution in [0.3, 0.4) is 0 Å². The van der Waals surface area contributed by atoms with E-state index in [4.69, 9.17) is 32.5 Å². The van der Waals surface area contributed by atoms with Crippen molar-refractivity contribution in [3.63, 3.8) is 0 Å². The number of nitrogens with zero attached hydrogens (tertiary/aromatic N) is 1. The van der Waals surface area contributed by atoms with Gasteiger partial charge in [0.2, 0.25) is 0 Å². The van der Waals surface area contributed by atoms with Crippen molar-refractivity contribution in [2.24, 2.45) is 5.73 Å². The molecule has 162 valence electrons. The molecule has 1 saturated heterocycles. The Morgan fingerprint density at radius 1 is 1.30 bits per heavy atom. The first kappa shape index (κ1) is 22.4. The van der Waals surface area contributed by atoms with Gasteiger partial charge in [-0.2, -0.15) is 0 Å². The van der Waals surface area contributed by atoms with Crippen molar-refractivity contribution in [3.05, 3.63) is 58.6 Å². The standard InChI is InChI=1S/C22H29ClN4O3/c23-19-11-18(21(12-20(19)25)30-9-4-7-24)22(28)26-13-17-15-27(8-10-29-17)14-16-5-2-1-3-6-16/h1-3,5-6,11-12,17H,4,7-10,13-15,24-25H2,(H,26,28). The molecule has 0 saturated carbocycles. The van der Waals surface area contributed by atoms with Crippen molar-refractivity contribution in [2.75, 3.05) is 45.1 Å². The number of nitrogens with two attached hydrogens (primary N) is 2. The number of rotatable bonds is 9. The number of hydrogen-bond donors (Lipinski definition) is 3. The minimum Gasteiger partial charge on any atom is -0.493 e. The number of anilines is 1. The summed E-state index contributed by atoms with van der Waals surface area (Å²) in [5, 5.41) is 3.25. The first-order valence-electron chi connectivity index (χ1n) is 10.1. The van der Waals surface area contributed by atoms with Crippen molar-refractivity contribution in [1.29, 1.82) is 0 Å². The first-order chi connectivity index (χ1) is 14.6. The molecule has 2 aromatic carbocycles. The van der Waals surface area contributed by atoms with E-state index in [0.29, 0.717) is 54.7 Å².